The molecule has 0 radical (unpaired) electrons. The average molecular weight is 271 g/mol. The van der Waals surface area contributed by atoms with E-state index in [2.05, 4.69) is 10.6 Å². The molecule has 106 valence electrons. The highest BCUT2D eigenvalue weighted by atomic mass is 16.1. The van der Waals surface area contributed by atoms with Gasteiger partial charge in [-0.3, -0.25) is 4.79 Å². The maximum absolute atomic E-state index is 11.9. The Morgan fingerprint density at radius 3 is 2.75 bits per heavy atom. The third-order valence-corrected chi connectivity index (χ3v) is 3.33. The van der Waals surface area contributed by atoms with Crippen molar-refractivity contribution >= 4 is 11.6 Å². The van der Waals surface area contributed by atoms with Gasteiger partial charge in [0.05, 0.1) is 0 Å². The summed E-state index contributed by atoms with van der Waals surface area (Å²) in [6, 6.07) is 7.85. The van der Waals surface area contributed by atoms with Gasteiger partial charge in [0.15, 0.2) is 0 Å². The topological polar surface area (TPSA) is 64.9 Å². The van der Waals surface area contributed by atoms with Crippen LogP contribution in [0.15, 0.2) is 30.0 Å². The Bertz CT molecular complexity index is 555. The first-order valence-corrected chi connectivity index (χ1v) is 6.73. The van der Waals surface area contributed by atoms with E-state index in [0.29, 0.717) is 0 Å². The Hall–Kier alpha value is -2.28. The lowest BCUT2D eigenvalue weighted by Crippen LogP contribution is -2.33. The molecule has 1 aromatic carbocycles. The Morgan fingerprint density at radius 2 is 2.15 bits per heavy atom. The zero-order valence-electron chi connectivity index (χ0n) is 12.4. The van der Waals surface area contributed by atoms with Crippen LogP contribution in [0.3, 0.4) is 0 Å². The molecular weight excluding hydrogens is 250 g/mol. The second-order valence-electron chi connectivity index (χ2n) is 4.84. The lowest BCUT2D eigenvalue weighted by molar-refractivity contribution is -0.117. The van der Waals surface area contributed by atoms with Crippen molar-refractivity contribution in [2.75, 3.05) is 5.32 Å². The molecule has 0 spiro atoms. The zero-order valence-corrected chi connectivity index (χ0v) is 12.4. The summed E-state index contributed by atoms with van der Waals surface area (Å²) in [5.41, 5.74) is 3.23. The van der Waals surface area contributed by atoms with Crippen LogP contribution in [0.25, 0.3) is 0 Å². The molecule has 0 fully saturated rings. The van der Waals surface area contributed by atoms with Crippen molar-refractivity contribution in [1.29, 1.82) is 5.26 Å². The minimum absolute atomic E-state index is 0.0555. The van der Waals surface area contributed by atoms with E-state index in [1.54, 1.807) is 0 Å². The van der Waals surface area contributed by atoms with E-state index in [-0.39, 0.29) is 17.5 Å². The van der Waals surface area contributed by atoms with Gasteiger partial charge in [-0.1, -0.05) is 19.1 Å². The summed E-state index contributed by atoms with van der Waals surface area (Å²) in [6.45, 7) is 7.90. The Balaban J connectivity index is 2.83. The zero-order chi connectivity index (χ0) is 15.1. The number of carbonyl (C=O) groups is 1. The molecule has 4 heteroatoms. The fourth-order valence-corrected chi connectivity index (χ4v) is 1.61. The van der Waals surface area contributed by atoms with Crippen LogP contribution >= 0.6 is 0 Å². The lowest BCUT2D eigenvalue weighted by Gasteiger charge is -2.11. The molecule has 0 bridgehead atoms. The fourth-order valence-electron chi connectivity index (χ4n) is 1.61. The molecular formula is C16H21N3O. The number of hydrogen-bond acceptors (Lipinski definition) is 3. The monoisotopic (exact) mass is 271 g/mol. The van der Waals surface area contributed by atoms with E-state index < -0.39 is 0 Å². The first-order chi connectivity index (χ1) is 9.49. The second-order valence-corrected chi connectivity index (χ2v) is 4.84. The van der Waals surface area contributed by atoms with Crippen molar-refractivity contribution in [3.63, 3.8) is 0 Å². The van der Waals surface area contributed by atoms with Gasteiger partial charge in [-0.25, -0.2) is 0 Å². The summed E-state index contributed by atoms with van der Waals surface area (Å²) in [5, 5.41) is 14.9. The van der Waals surface area contributed by atoms with Crippen molar-refractivity contribution in [3.8, 4) is 6.07 Å². The molecule has 0 aliphatic heterocycles. The van der Waals surface area contributed by atoms with Crippen molar-refractivity contribution in [1.82, 2.24) is 5.32 Å². The number of aryl methyl sites for hydroxylation is 1. The molecule has 1 amide bonds. The molecule has 2 N–H and O–H groups in total. The highest BCUT2D eigenvalue weighted by Crippen LogP contribution is 2.18. The molecule has 20 heavy (non-hydrogen) atoms. The van der Waals surface area contributed by atoms with Gasteiger partial charge in [0.1, 0.15) is 11.6 Å². The number of carbonyl (C=O) groups excluding carboxylic acids is 1. The summed E-state index contributed by atoms with van der Waals surface area (Å²) < 4.78 is 0. The van der Waals surface area contributed by atoms with Crippen LogP contribution in [-0.2, 0) is 4.79 Å². The molecule has 1 rings (SSSR count). The highest BCUT2D eigenvalue weighted by Gasteiger charge is 2.11. The molecule has 0 saturated carbocycles. The average Bonchev–Trinajstić information content (AvgIpc) is 2.43. The summed E-state index contributed by atoms with van der Waals surface area (Å²) in [5.74, 6) is -0.348. The minimum atomic E-state index is -0.348. The third-order valence-electron chi connectivity index (χ3n) is 3.33. The van der Waals surface area contributed by atoms with Crippen molar-refractivity contribution in [2.24, 2.45) is 0 Å². The minimum Gasteiger partial charge on any atom is -0.360 e. The van der Waals surface area contributed by atoms with E-state index in [1.807, 2.05) is 52.0 Å². The van der Waals surface area contributed by atoms with E-state index >= 15 is 0 Å². The first kappa shape index (κ1) is 15.8. The van der Waals surface area contributed by atoms with E-state index in [4.69, 9.17) is 5.26 Å². The number of nitrogens with one attached hydrogen (secondary N) is 2. The molecule has 1 unspecified atom stereocenters. The van der Waals surface area contributed by atoms with Gasteiger partial charge >= 0.3 is 0 Å². The number of nitrogens with zero attached hydrogens (tertiary/aromatic N) is 1. The fraction of sp³-hybridized carbons (Fsp3) is 0.375. The molecule has 1 atom stereocenters. The summed E-state index contributed by atoms with van der Waals surface area (Å²) in [7, 11) is 0. The Labute approximate surface area is 120 Å². The smallest absolute Gasteiger partial charge is 0.263 e. The first-order valence-electron chi connectivity index (χ1n) is 6.73. The van der Waals surface area contributed by atoms with Gasteiger partial charge in [0.2, 0.25) is 0 Å². The Kier molecular flexibility index (Phi) is 5.79. The standard InChI is InChI=1S/C16H21N3O/c1-5-12(3)19-16(20)14(9-17)10-18-15-8-6-7-11(2)13(15)4/h6-8,10,12,18H,5H2,1-4H3,(H,19,20)/b14-10-. The van der Waals surface area contributed by atoms with Gasteiger partial charge in [0.25, 0.3) is 5.91 Å². The number of benzene rings is 1. The van der Waals surface area contributed by atoms with Gasteiger partial charge in [0, 0.05) is 17.9 Å². The van der Waals surface area contributed by atoms with Crippen molar-refractivity contribution in [2.45, 2.75) is 40.2 Å². The quantitative estimate of drug-likeness (QED) is 0.639. The highest BCUT2D eigenvalue weighted by molar-refractivity contribution is 5.97. The van der Waals surface area contributed by atoms with Crippen LogP contribution in [0, 0.1) is 25.2 Å². The summed E-state index contributed by atoms with van der Waals surface area (Å²) in [4.78, 5) is 11.9. The predicted molar refractivity (Wildman–Crippen MR) is 81.1 cm³/mol. The normalized spacial score (nSPS) is 12.4. The van der Waals surface area contributed by atoms with Crippen LogP contribution in [-0.4, -0.2) is 11.9 Å². The van der Waals surface area contributed by atoms with Gasteiger partial charge in [-0.2, -0.15) is 5.26 Å². The lowest BCUT2D eigenvalue weighted by atomic mass is 10.1. The van der Waals surface area contributed by atoms with Gasteiger partial charge in [-0.15, -0.1) is 0 Å². The summed E-state index contributed by atoms with van der Waals surface area (Å²) >= 11 is 0. The van der Waals surface area contributed by atoms with Crippen LogP contribution in [0.1, 0.15) is 31.4 Å². The van der Waals surface area contributed by atoms with Crippen LogP contribution in [0.4, 0.5) is 5.69 Å². The predicted octanol–water partition coefficient (Wildman–Crippen LogP) is 3.04. The number of hydrogen-bond donors (Lipinski definition) is 2. The SMILES string of the molecule is CCC(C)NC(=O)/C(C#N)=C\Nc1cccc(C)c1C. The molecule has 0 saturated heterocycles. The maximum Gasteiger partial charge on any atom is 0.263 e. The number of nitriles is 1. The number of amides is 1. The van der Waals surface area contributed by atoms with E-state index in [1.165, 1.54) is 6.20 Å². The largest absolute Gasteiger partial charge is 0.360 e. The van der Waals surface area contributed by atoms with Gasteiger partial charge in [-0.05, 0) is 44.4 Å². The molecule has 1 aromatic rings. The molecule has 0 aromatic heterocycles. The van der Waals surface area contributed by atoms with Crippen LogP contribution in [0.2, 0.25) is 0 Å². The van der Waals surface area contributed by atoms with Gasteiger partial charge < -0.3 is 10.6 Å². The van der Waals surface area contributed by atoms with E-state index in [9.17, 15) is 4.79 Å². The molecule has 0 aliphatic rings. The summed E-state index contributed by atoms with van der Waals surface area (Å²) in [6.07, 6.45) is 2.29. The molecule has 0 aliphatic carbocycles. The van der Waals surface area contributed by atoms with E-state index in [0.717, 1.165) is 23.2 Å². The maximum atomic E-state index is 11.9. The van der Waals surface area contributed by atoms with Crippen molar-refractivity contribution in [3.05, 3.63) is 41.1 Å². The second kappa shape index (κ2) is 7.34. The number of rotatable bonds is 5. The van der Waals surface area contributed by atoms with Crippen LogP contribution < -0.4 is 10.6 Å². The van der Waals surface area contributed by atoms with Crippen LogP contribution in [0.5, 0.6) is 0 Å². The Morgan fingerprint density at radius 1 is 1.45 bits per heavy atom. The molecule has 0 heterocycles. The number of anilines is 1. The third kappa shape index (κ3) is 4.13. The molecule has 4 nitrogen and oxygen atoms in total. The van der Waals surface area contributed by atoms with Crippen molar-refractivity contribution < 1.29 is 4.79 Å².